The molecule has 0 spiro atoms. The van der Waals surface area contributed by atoms with Crippen molar-refractivity contribution in [2.24, 2.45) is 12.8 Å². The Morgan fingerprint density at radius 3 is 2.85 bits per heavy atom. The van der Waals surface area contributed by atoms with E-state index in [0.717, 1.165) is 29.5 Å². The van der Waals surface area contributed by atoms with E-state index in [9.17, 15) is 22.4 Å². The first kappa shape index (κ1) is 23.0. The molecule has 1 atom stereocenters. The first-order valence-electron chi connectivity index (χ1n) is 9.97. The average Bonchev–Trinajstić information content (AvgIpc) is 3.25. The van der Waals surface area contributed by atoms with Gasteiger partial charge in [-0.05, 0) is 24.6 Å². The summed E-state index contributed by atoms with van der Waals surface area (Å²) >= 11 is 0.824. The molecule has 176 valence electrons. The molecule has 0 unspecified atom stereocenters. The number of aromatic nitrogens is 3. The van der Waals surface area contributed by atoms with Gasteiger partial charge in [-0.15, -0.1) is 0 Å². The Morgan fingerprint density at radius 2 is 2.09 bits per heavy atom. The number of anilines is 3. The van der Waals surface area contributed by atoms with Crippen LogP contribution in [0.5, 0.6) is 0 Å². The first-order chi connectivity index (χ1) is 15.5. The van der Waals surface area contributed by atoms with Crippen molar-refractivity contribution in [3.05, 3.63) is 41.7 Å². The minimum absolute atomic E-state index is 0.0103. The zero-order valence-electron chi connectivity index (χ0n) is 17.5. The second-order valence-electron chi connectivity index (χ2n) is 7.85. The number of nitrogens with one attached hydrogen (secondary N) is 1. The molecule has 3 heterocycles. The zero-order chi connectivity index (χ0) is 23.9. The molecule has 0 aliphatic carbocycles. The van der Waals surface area contributed by atoms with Crippen LogP contribution in [0.2, 0.25) is 0 Å². The summed E-state index contributed by atoms with van der Waals surface area (Å²) in [4.78, 5) is 18.4. The molecule has 1 fully saturated rings. The van der Waals surface area contributed by atoms with E-state index in [1.54, 1.807) is 7.05 Å². The van der Waals surface area contributed by atoms with Crippen LogP contribution in [0.3, 0.4) is 0 Å². The van der Waals surface area contributed by atoms with Crippen LogP contribution in [0.4, 0.5) is 34.1 Å². The highest BCUT2D eigenvalue weighted by atomic mass is 32.1. The highest BCUT2D eigenvalue weighted by molar-refractivity contribution is 7.19. The minimum Gasteiger partial charge on any atom is -0.389 e. The molecule has 0 bridgehead atoms. The molecule has 1 aliphatic heterocycles. The molecule has 3 aromatic rings. The second kappa shape index (κ2) is 8.63. The van der Waals surface area contributed by atoms with Crippen molar-refractivity contribution in [2.75, 3.05) is 29.0 Å². The number of thiazole rings is 1. The van der Waals surface area contributed by atoms with Crippen molar-refractivity contribution in [3.63, 3.8) is 0 Å². The van der Waals surface area contributed by atoms with Crippen LogP contribution in [0.15, 0.2) is 24.4 Å². The Hall–Kier alpha value is -3.19. The SMILES string of the molecule is Cn1ncc(NC(=O)c2nc(-c3cc(F)ccc3F)sc2N)c1N1CC[C@@H](N)CC(F)(F)C1. The first-order valence-corrected chi connectivity index (χ1v) is 10.8. The van der Waals surface area contributed by atoms with Crippen molar-refractivity contribution in [1.82, 2.24) is 14.8 Å². The number of carbonyl (C=O) groups is 1. The van der Waals surface area contributed by atoms with Gasteiger partial charge in [0.05, 0.1) is 12.7 Å². The van der Waals surface area contributed by atoms with Crippen molar-refractivity contribution < 1.29 is 22.4 Å². The van der Waals surface area contributed by atoms with Crippen molar-refractivity contribution in [1.29, 1.82) is 0 Å². The van der Waals surface area contributed by atoms with E-state index in [-0.39, 0.29) is 39.3 Å². The summed E-state index contributed by atoms with van der Waals surface area (Å²) in [6.07, 6.45) is 1.24. The van der Waals surface area contributed by atoms with Crippen LogP contribution in [0.25, 0.3) is 10.6 Å². The smallest absolute Gasteiger partial charge is 0.277 e. The maximum absolute atomic E-state index is 14.3. The summed E-state index contributed by atoms with van der Waals surface area (Å²) < 4.78 is 57.6. The van der Waals surface area contributed by atoms with E-state index in [2.05, 4.69) is 15.4 Å². The number of carbonyl (C=O) groups excluding carboxylic acids is 1. The largest absolute Gasteiger partial charge is 0.389 e. The lowest BCUT2D eigenvalue weighted by Crippen LogP contribution is -2.37. The molecule has 0 radical (unpaired) electrons. The summed E-state index contributed by atoms with van der Waals surface area (Å²) in [5.74, 6) is -4.85. The molecule has 2 aromatic heterocycles. The molecule has 1 saturated heterocycles. The number of halogens is 4. The molecule has 5 N–H and O–H groups in total. The second-order valence-corrected chi connectivity index (χ2v) is 8.88. The molecular weight excluding hydrogens is 462 g/mol. The lowest BCUT2D eigenvalue weighted by atomic mass is 10.1. The molecule has 13 heteroatoms. The van der Waals surface area contributed by atoms with E-state index in [4.69, 9.17) is 11.5 Å². The van der Waals surface area contributed by atoms with Gasteiger partial charge in [0.15, 0.2) is 11.5 Å². The van der Waals surface area contributed by atoms with Gasteiger partial charge in [-0.1, -0.05) is 11.3 Å². The number of rotatable bonds is 4. The molecular formula is C20H21F4N7OS. The number of hydrogen-bond acceptors (Lipinski definition) is 7. The number of nitrogens with two attached hydrogens (primary N) is 2. The van der Waals surface area contributed by atoms with Crippen LogP contribution in [0.1, 0.15) is 23.3 Å². The van der Waals surface area contributed by atoms with Gasteiger partial charge in [-0.25, -0.2) is 22.5 Å². The highest BCUT2D eigenvalue weighted by Crippen LogP contribution is 2.35. The van der Waals surface area contributed by atoms with Crippen molar-refractivity contribution >= 4 is 33.8 Å². The monoisotopic (exact) mass is 483 g/mol. The Bertz CT molecular complexity index is 1200. The normalized spacial score (nSPS) is 18.2. The van der Waals surface area contributed by atoms with E-state index < -0.39 is 42.5 Å². The van der Waals surface area contributed by atoms with E-state index in [1.165, 1.54) is 15.8 Å². The molecule has 0 saturated carbocycles. The summed E-state index contributed by atoms with van der Waals surface area (Å²) in [6.45, 7) is -0.327. The van der Waals surface area contributed by atoms with Gasteiger partial charge in [-0.2, -0.15) is 5.10 Å². The third kappa shape index (κ3) is 4.78. The Morgan fingerprint density at radius 1 is 1.33 bits per heavy atom. The molecule has 1 aromatic carbocycles. The quantitative estimate of drug-likeness (QED) is 0.491. The van der Waals surface area contributed by atoms with E-state index in [0.29, 0.717) is 6.42 Å². The van der Waals surface area contributed by atoms with Gasteiger partial charge in [0.25, 0.3) is 11.8 Å². The fourth-order valence-corrected chi connectivity index (χ4v) is 4.60. The summed E-state index contributed by atoms with van der Waals surface area (Å²) in [5.41, 5.74) is 11.5. The summed E-state index contributed by atoms with van der Waals surface area (Å²) in [7, 11) is 1.57. The van der Waals surface area contributed by atoms with Gasteiger partial charge in [0, 0.05) is 31.6 Å². The fourth-order valence-electron chi connectivity index (χ4n) is 3.76. The maximum Gasteiger partial charge on any atom is 0.277 e. The van der Waals surface area contributed by atoms with Gasteiger partial charge in [0.2, 0.25) is 0 Å². The molecule has 8 nitrogen and oxygen atoms in total. The molecule has 1 amide bonds. The topological polar surface area (TPSA) is 115 Å². The average molecular weight is 483 g/mol. The highest BCUT2D eigenvalue weighted by Gasteiger charge is 2.38. The Balaban J connectivity index is 1.61. The standard InChI is InChI=1S/C20H21F4N7OS/c1-30-19(31-5-4-11(25)7-20(23,24)9-31)14(8-27-30)28-17(32)15-16(26)33-18(29-15)12-6-10(21)2-3-13(12)22/h2-3,6,8,11H,4-5,7,9,25-26H2,1H3,(H,28,32)/t11-/m1/s1. The number of benzene rings is 1. The number of alkyl halides is 2. The third-order valence-electron chi connectivity index (χ3n) is 5.24. The Labute approximate surface area is 190 Å². The maximum atomic E-state index is 14.3. The number of nitrogen functional groups attached to an aromatic ring is 1. The van der Waals surface area contributed by atoms with E-state index >= 15 is 0 Å². The number of amides is 1. The van der Waals surface area contributed by atoms with Gasteiger partial charge in [-0.3, -0.25) is 9.48 Å². The van der Waals surface area contributed by atoms with E-state index in [1.807, 2.05) is 0 Å². The van der Waals surface area contributed by atoms with Gasteiger partial charge < -0.3 is 21.7 Å². The van der Waals surface area contributed by atoms with Crippen molar-refractivity contribution in [2.45, 2.75) is 24.8 Å². The van der Waals surface area contributed by atoms with Gasteiger partial charge >= 0.3 is 0 Å². The molecule has 33 heavy (non-hydrogen) atoms. The lowest BCUT2D eigenvalue weighted by Gasteiger charge is -2.26. The molecule has 1 aliphatic rings. The summed E-state index contributed by atoms with van der Waals surface area (Å²) in [5, 5.41) is 6.69. The van der Waals surface area contributed by atoms with Gasteiger partial charge in [0.1, 0.15) is 27.3 Å². The minimum atomic E-state index is -3.01. The van der Waals surface area contributed by atoms with Crippen molar-refractivity contribution in [3.8, 4) is 10.6 Å². The van der Waals surface area contributed by atoms with Crippen LogP contribution in [-0.4, -0.2) is 45.7 Å². The summed E-state index contributed by atoms with van der Waals surface area (Å²) in [6, 6.07) is 2.23. The lowest BCUT2D eigenvalue weighted by molar-refractivity contribution is -0.000527. The predicted molar refractivity (Wildman–Crippen MR) is 117 cm³/mol. The predicted octanol–water partition coefficient (Wildman–Crippen LogP) is 3.22. The number of aryl methyl sites for hydroxylation is 1. The number of hydrogen-bond donors (Lipinski definition) is 3. The third-order valence-corrected chi connectivity index (χ3v) is 6.15. The zero-order valence-corrected chi connectivity index (χ0v) is 18.3. The fraction of sp³-hybridized carbons (Fsp3) is 0.350. The van der Waals surface area contributed by atoms with Crippen LogP contribution >= 0.6 is 11.3 Å². The van der Waals surface area contributed by atoms with Crippen LogP contribution < -0.4 is 21.7 Å². The van der Waals surface area contributed by atoms with Crippen LogP contribution in [-0.2, 0) is 7.05 Å². The number of nitrogens with zero attached hydrogens (tertiary/aromatic N) is 4. The molecule has 4 rings (SSSR count). The Kier molecular flexibility index (Phi) is 6.01. The van der Waals surface area contributed by atoms with Crippen LogP contribution in [0, 0.1) is 11.6 Å².